The molecule has 2 heterocycles. The van der Waals surface area contributed by atoms with Gasteiger partial charge in [0.05, 0.1) is 12.7 Å². The Balaban J connectivity index is 1.74. The molecule has 0 saturated carbocycles. The Labute approximate surface area is 130 Å². The molecule has 0 radical (unpaired) electrons. The highest BCUT2D eigenvalue weighted by Gasteiger charge is 2.50. The maximum Gasteiger partial charge on any atom is 0.186 e. The fraction of sp³-hybridized carbons (Fsp3) is 0.529. The lowest BCUT2D eigenvalue weighted by Gasteiger charge is -2.48. The number of rotatable bonds is 4. The van der Waals surface area contributed by atoms with Crippen LogP contribution in [0, 0.1) is 0 Å². The van der Waals surface area contributed by atoms with Crippen LogP contribution < -0.4 is 0 Å². The van der Waals surface area contributed by atoms with Gasteiger partial charge < -0.3 is 24.1 Å². The van der Waals surface area contributed by atoms with E-state index in [0.29, 0.717) is 19.4 Å². The van der Waals surface area contributed by atoms with Gasteiger partial charge in [-0.2, -0.15) is 0 Å². The minimum Gasteiger partial charge on any atom is -0.384 e. The van der Waals surface area contributed by atoms with Crippen LogP contribution in [0.25, 0.3) is 0 Å². The summed E-state index contributed by atoms with van der Waals surface area (Å²) in [6.07, 6.45) is 0.865. The molecule has 120 valence electrons. The lowest BCUT2D eigenvalue weighted by Crippen LogP contribution is -2.59. The molecule has 2 aliphatic heterocycles. The van der Waals surface area contributed by atoms with E-state index in [1.165, 1.54) is 7.11 Å². The van der Waals surface area contributed by atoms with Crippen LogP contribution in [-0.2, 0) is 18.9 Å². The highest BCUT2D eigenvalue weighted by molar-refractivity contribution is 5.16. The van der Waals surface area contributed by atoms with Crippen molar-refractivity contribution in [3.05, 3.63) is 48.6 Å². The van der Waals surface area contributed by atoms with E-state index < -0.39 is 18.2 Å². The molecule has 0 aromatic heterocycles. The van der Waals surface area contributed by atoms with Gasteiger partial charge in [0.1, 0.15) is 11.7 Å². The van der Waals surface area contributed by atoms with Gasteiger partial charge in [-0.1, -0.05) is 36.4 Å². The Hall–Kier alpha value is -1.24. The summed E-state index contributed by atoms with van der Waals surface area (Å²) in [6.45, 7) is 4.11. The van der Waals surface area contributed by atoms with Gasteiger partial charge in [0.25, 0.3) is 0 Å². The van der Waals surface area contributed by atoms with Gasteiger partial charge >= 0.3 is 0 Å². The first-order chi connectivity index (χ1) is 10.7. The van der Waals surface area contributed by atoms with Crippen molar-refractivity contribution in [3.63, 3.8) is 0 Å². The first-order valence-corrected chi connectivity index (χ1v) is 7.50. The first-order valence-electron chi connectivity index (χ1n) is 7.50. The molecule has 0 aliphatic carbocycles. The Morgan fingerprint density at radius 1 is 1.32 bits per heavy atom. The molecule has 0 unspecified atom stereocenters. The maximum atomic E-state index is 10.8. The number of hydrogen-bond acceptors (Lipinski definition) is 5. The topological polar surface area (TPSA) is 57.2 Å². The van der Waals surface area contributed by atoms with Crippen LogP contribution in [0.3, 0.4) is 0 Å². The third-order valence-corrected chi connectivity index (χ3v) is 4.20. The van der Waals surface area contributed by atoms with E-state index in [2.05, 4.69) is 6.58 Å². The average Bonchev–Trinajstić information content (AvgIpc) is 2.54. The van der Waals surface area contributed by atoms with Crippen LogP contribution in [0.5, 0.6) is 0 Å². The van der Waals surface area contributed by atoms with Crippen molar-refractivity contribution in [1.29, 1.82) is 0 Å². The van der Waals surface area contributed by atoms with Crippen molar-refractivity contribution in [1.82, 2.24) is 0 Å². The minimum absolute atomic E-state index is 0.240. The molecule has 0 spiro atoms. The van der Waals surface area contributed by atoms with Crippen molar-refractivity contribution >= 4 is 0 Å². The zero-order chi connectivity index (χ0) is 15.6. The zero-order valence-electron chi connectivity index (χ0n) is 12.7. The maximum absolute atomic E-state index is 10.8. The summed E-state index contributed by atoms with van der Waals surface area (Å²) < 4.78 is 22.9. The number of benzene rings is 1. The van der Waals surface area contributed by atoms with Gasteiger partial charge in [-0.25, -0.2) is 0 Å². The molecule has 5 atom stereocenters. The van der Waals surface area contributed by atoms with Crippen molar-refractivity contribution in [3.8, 4) is 0 Å². The molecule has 1 aromatic rings. The highest BCUT2D eigenvalue weighted by atomic mass is 16.7. The largest absolute Gasteiger partial charge is 0.384 e. The van der Waals surface area contributed by atoms with Gasteiger partial charge in [0.2, 0.25) is 0 Å². The predicted molar refractivity (Wildman–Crippen MR) is 80.1 cm³/mol. The fourth-order valence-corrected chi connectivity index (χ4v) is 3.10. The van der Waals surface area contributed by atoms with Crippen molar-refractivity contribution in [2.24, 2.45) is 0 Å². The number of aliphatic hydroxyl groups is 1. The highest BCUT2D eigenvalue weighted by Crippen LogP contribution is 2.39. The summed E-state index contributed by atoms with van der Waals surface area (Å²) >= 11 is 0. The van der Waals surface area contributed by atoms with Crippen LogP contribution in [0.2, 0.25) is 0 Å². The van der Waals surface area contributed by atoms with E-state index >= 15 is 0 Å². The number of methoxy groups -OCH3 is 1. The molecule has 5 nitrogen and oxygen atoms in total. The predicted octanol–water partition coefficient (Wildman–Crippen LogP) is 2.17. The Morgan fingerprint density at radius 3 is 2.77 bits per heavy atom. The second-order valence-corrected chi connectivity index (χ2v) is 5.79. The van der Waals surface area contributed by atoms with Crippen molar-refractivity contribution in [2.45, 2.75) is 43.2 Å². The standard InChI is InChI=1S/C17H22O5/c1-3-9-17(18)10-13-14(22-16(17)19-2)11-20-15(21-13)12-7-5-4-6-8-12/h3-8,13-16,18H,1,9-11H2,2H3/t13-,14+,15+,16-,17+/m0/s1. The van der Waals surface area contributed by atoms with E-state index in [-0.39, 0.29) is 12.2 Å². The second kappa shape index (κ2) is 6.48. The summed E-state index contributed by atoms with van der Waals surface area (Å²) in [5.41, 5.74) is -0.168. The van der Waals surface area contributed by atoms with E-state index in [1.807, 2.05) is 30.3 Å². The summed E-state index contributed by atoms with van der Waals surface area (Å²) in [6, 6.07) is 9.76. The zero-order valence-corrected chi connectivity index (χ0v) is 12.7. The number of hydrogen-bond donors (Lipinski definition) is 1. The van der Waals surface area contributed by atoms with Gasteiger partial charge in [0, 0.05) is 19.1 Å². The smallest absolute Gasteiger partial charge is 0.186 e. The molecular formula is C17H22O5. The van der Waals surface area contributed by atoms with Gasteiger partial charge in [0.15, 0.2) is 12.6 Å². The SMILES string of the molecule is C=CC[C@@]1(O)C[C@@H]2O[C@H](c3ccccc3)OC[C@H]2O[C@@H]1OC. The molecule has 2 fully saturated rings. The van der Waals surface area contributed by atoms with Crippen molar-refractivity contribution < 1.29 is 24.1 Å². The molecule has 1 aromatic carbocycles. The van der Waals surface area contributed by atoms with Crippen molar-refractivity contribution in [2.75, 3.05) is 13.7 Å². The number of ether oxygens (including phenoxy) is 4. The molecular weight excluding hydrogens is 284 g/mol. The quantitative estimate of drug-likeness (QED) is 0.864. The molecule has 2 saturated heterocycles. The summed E-state index contributed by atoms with van der Waals surface area (Å²) in [5.74, 6) is 0. The molecule has 3 rings (SSSR count). The van der Waals surface area contributed by atoms with Gasteiger partial charge in [-0.05, 0) is 6.42 Å². The van der Waals surface area contributed by atoms with E-state index in [0.717, 1.165) is 5.56 Å². The molecule has 22 heavy (non-hydrogen) atoms. The van der Waals surface area contributed by atoms with Crippen LogP contribution in [-0.4, -0.2) is 42.9 Å². The van der Waals surface area contributed by atoms with Crippen LogP contribution >= 0.6 is 0 Å². The molecule has 0 amide bonds. The molecule has 0 bridgehead atoms. The average molecular weight is 306 g/mol. The normalized spacial score (nSPS) is 38.3. The first kappa shape index (κ1) is 15.6. The van der Waals surface area contributed by atoms with Gasteiger partial charge in [-0.15, -0.1) is 6.58 Å². The second-order valence-electron chi connectivity index (χ2n) is 5.79. The van der Waals surface area contributed by atoms with E-state index in [9.17, 15) is 5.11 Å². The Kier molecular flexibility index (Phi) is 4.61. The number of fused-ring (bicyclic) bond motifs is 1. The molecule has 5 heteroatoms. The van der Waals surface area contributed by atoms with Crippen LogP contribution in [0.1, 0.15) is 24.7 Å². The molecule has 1 N–H and O–H groups in total. The summed E-state index contributed by atoms with van der Waals surface area (Å²) in [7, 11) is 1.52. The lowest BCUT2D eigenvalue weighted by molar-refractivity contribution is -0.354. The fourth-order valence-electron chi connectivity index (χ4n) is 3.10. The monoisotopic (exact) mass is 306 g/mol. The van der Waals surface area contributed by atoms with Gasteiger partial charge in [-0.3, -0.25) is 0 Å². The van der Waals surface area contributed by atoms with E-state index in [4.69, 9.17) is 18.9 Å². The third-order valence-electron chi connectivity index (χ3n) is 4.20. The third kappa shape index (κ3) is 2.95. The lowest BCUT2D eigenvalue weighted by atomic mass is 9.86. The summed E-state index contributed by atoms with van der Waals surface area (Å²) in [4.78, 5) is 0. The van der Waals surface area contributed by atoms with E-state index in [1.54, 1.807) is 6.08 Å². The molecule has 2 aliphatic rings. The van der Waals surface area contributed by atoms with Crippen LogP contribution in [0.15, 0.2) is 43.0 Å². The Bertz CT molecular complexity index is 505. The minimum atomic E-state index is -1.13. The van der Waals surface area contributed by atoms with Crippen LogP contribution in [0.4, 0.5) is 0 Å². The Morgan fingerprint density at radius 2 is 2.09 bits per heavy atom. The summed E-state index contributed by atoms with van der Waals surface area (Å²) in [5, 5.41) is 10.8.